The molecule has 2 rings (SSSR count). The Labute approximate surface area is 107 Å². The maximum absolute atomic E-state index is 8.80. The third-order valence-electron chi connectivity index (χ3n) is 2.90. The molecule has 0 amide bonds. The van der Waals surface area contributed by atoms with Gasteiger partial charge in [0.05, 0.1) is 20.3 Å². The second-order valence-electron chi connectivity index (χ2n) is 4.33. The van der Waals surface area contributed by atoms with Crippen LogP contribution in [0.3, 0.4) is 0 Å². The zero-order valence-corrected chi connectivity index (χ0v) is 10.7. The molecule has 1 heterocycles. The lowest BCUT2D eigenvalue weighted by Gasteiger charge is -2.14. The average Bonchev–Trinajstić information content (AvgIpc) is 2.82. The molecule has 1 atom stereocenters. The first-order valence-corrected chi connectivity index (χ1v) is 5.99. The summed E-state index contributed by atoms with van der Waals surface area (Å²) >= 11 is 0. The Balaban J connectivity index is 2.33. The second-order valence-corrected chi connectivity index (χ2v) is 4.33. The van der Waals surface area contributed by atoms with Gasteiger partial charge in [0.15, 0.2) is 0 Å². The van der Waals surface area contributed by atoms with Gasteiger partial charge in [0.1, 0.15) is 11.9 Å². The van der Waals surface area contributed by atoms with Crippen molar-refractivity contribution >= 4 is 6.08 Å². The van der Waals surface area contributed by atoms with Gasteiger partial charge in [-0.05, 0) is 30.2 Å². The summed E-state index contributed by atoms with van der Waals surface area (Å²) < 4.78 is 11.1. The molecule has 0 bridgehead atoms. The van der Waals surface area contributed by atoms with Crippen molar-refractivity contribution in [2.24, 2.45) is 0 Å². The second kappa shape index (κ2) is 5.85. The summed E-state index contributed by atoms with van der Waals surface area (Å²) in [6.07, 6.45) is 5.66. The van der Waals surface area contributed by atoms with Crippen LogP contribution in [0.5, 0.6) is 5.75 Å². The molecule has 3 heteroatoms. The quantitative estimate of drug-likeness (QED) is 0.830. The zero-order chi connectivity index (χ0) is 13.0. The van der Waals surface area contributed by atoms with Gasteiger partial charge in [-0.2, -0.15) is 0 Å². The third kappa shape index (κ3) is 2.81. The fourth-order valence-electron chi connectivity index (χ4n) is 2.02. The Kier molecular flexibility index (Phi) is 4.18. The zero-order valence-electron chi connectivity index (χ0n) is 10.7. The highest BCUT2D eigenvalue weighted by molar-refractivity contribution is 5.54. The van der Waals surface area contributed by atoms with Crippen LogP contribution < -0.4 is 4.74 Å². The molecular weight excluding hydrogens is 228 g/mol. The van der Waals surface area contributed by atoms with Crippen molar-refractivity contribution in [3.8, 4) is 5.75 Å². The molecule has 0 aliphatic carbocycles. The summed E-state index contributed by atoms with van der Waals surface area (Å²) in [5.41, 5.74) is 3.29. The minimum Gasteiger partial charge on any atom is -0.496 e. The molecular formula is C15H18O3. The molecule has 0 fully saturated rings. The van der Waals surface area contributed by atoms with Crippen molar-refractivity contribution in [3.05, 3.63) is 47.1 Å². The number of aliphatic hydroxyl groups is 1. The van der Waals surface area contributed by atoms with Crippen LogP contribution in [-0.2, 0) is 4.74 Å². The summed E-state index contributed by atoms with van der Waals surface area (Å²) in [5, 5.41) is 8.80. The Morgan fingerprint density at radius 3 is 2.94 bits per heavy atom. The summed E-state index contributed by atoms with van der Waals surface area (Å²) in [6, 6.07) is 5.92. The Morgan fingerprint density at radius 2 is 2.33 bits per heavy atom. The summed E-state index contributed by atoms with van der Waals surface area (Å²) in [7, 11) is 1.66. The van der Waals surface area contributed by atoms with E-state index >= 15 is 0 Å². The largest absolute Gasteiger partial charge is 0.496 e. The van der Waals surface area contributed by atoms with Gasteiger partial charge in [-0.15, -0.1) is 0 Å². The van der Waals surface area contributed by atoms with E-state index in [0.717, 1.165) is 16.9 Å². The fraction of sp³-hybridized carbons (Fsp3) is 0.333. The number of hydrogen-bond acceptors (Lipinski definition) is 3. The van der Waals surface area contributed by atoms with Crippen LogP contribution in [0, 0.1) is 0 Å². The minimum atomic E-state index is -0.0394. The van der Waals surface area contributed by atoms with E-state index in [9.17, 15) is 0 Å². The Hall–Kier alpha value is -1.58. The van der Waals surface area contributed by atoms with Crippen LogP contribution in [0.4, 0.5) is 0 Å². The van der Waals surface area contributed by atoms with Gasteiger partial charge in [-0.1, -0.05) is 24.3 Å². The van der Waals surface area contributed by atoms with Gasteiger partial charge in [0, 0.05) is 5.56 Å². The molecule has 0 spiro atoms. The van der Waals surface area contributed by atoms with E-state index in [2.05, 4.69) is 13.0 Å². The summed E-state index contributed by atoms with van der Waals surface area (Å²) in [5.74, 6) is 0.826. The molecule has 1 aromatic rings. The van der Waals surface area contributed by atoms with Crippen molar-refractivity contribution in [1.82, 2.24) is 0 Å². The molecule has 1 N–H and O–H groups in total. The van der Waals surface area contributed by atoms with E-state index in [0.29, 0.717) is 6.61 Å². The Bertz CT molecular complexity index is 475. The number of ether oxygens (including phenoxy) is 2. The normalized spacial score (nSPS) is 19.3. The lowest BCUT2D eigenvalue weighted by atomic mass is 10.0. The van der Waals surface area contributed by atoms with E-state index in [1.807, 2.05) is 24.3 Å². The summed E-state index contributed by atoms with van der Waals surface area (Å²) in [6.45, 7) is 2.77. The van der Waals surface area contributed by atoms with Crippen LogP contribution >= 0.6 is 0 Å². The Morgan fingerprint density at radius 1 is 1.50 bits per heavy atom. The minimum absolute atomic E-state index is 0.0394. The third-order valence-corrected chi connectivity index (χ3v) is 2.90. The summed E-state index contributed by atoms with van der Waals surface area (Å²) in [4.78, 5) is 0. The first kappa shape index (κ1) is 12.9. The number of aliphatic hydroxyl groups excluding tert-OH is 1. The monoisotopic (exact) mass is 246 g/mol. The molecule has 3 nitrogen and oxygen atoms in total. The van der Waals surface area contributed by atoms with Gasteiger partial charge < -0.3 is 14.6 Å². The van der Waals surface area contributed by atoms with Crippen molar-refractivity contribution in [3.63, 3.8) is 0 Å². The molecule has 18 heavy (non-hydrogen) atoms. The van der Waals surface area contributed by atoms with Crippen molar-refractivity contribution in [1.29, 1.82) is 0 Å². The highest BCUT2D eigenvalue weighted by Gasteiger charge is 2.19. The maximum atomic E-state index is 8.80. The lowest BCUT2D eigenvalue weighted by Crippen LogP contribution is -2.00. The lowest BCUT2D eigenvalue weighted by molar-refractivity contribution is 0.124. The van der Waals surface area contributed by atoms with E-state index in [1.54, 1.807) is 13.2 Å². The van der Waals surface area contributed by atoms with Crippen LogP contribution in [-0.4, -0.2) is 25.4 Å². The van der Waals surface area contributed by atoms with E-state index in [4.69, 9.17) is 14.6 Å². The number of methoxy groups -OCH3 is 1. The van der Waals surface area contributed by atoms with E-state index < -0.39 is 0 Å². The topological polar surface area (TPSA) is 38.7 Å². The highest BCUT2D eigenvalue weighted by atomic mass is 16.5. The molecule has 1 aliphatic rings. The first-order chi connectivity index (χ1) is 8.74. The number of hydrogen-bond donors (Lipinski definition) is 1. The maximum Gasteiger partial charge on any atom is 0.125 e. The SMILES string of the molecule is COc1ccc(C=CCO)cc1C1C=C(C)CO1. The molecule has 0 saturated heterocycles. The predicted octanol–water partition coefficient (Wildman–Crippen LogP) is 2.72. The van der Waals surface area contributed by atoms with Gasteiger partial charge in [0.25, 0.3) is 0 Å². The van der Waals surface area contributed by atoms with Crippen LogP contribution in [0.25, 0.3) is 6.08 Å². The average molecular weight is 246 g/mol. The van der Waals surface area contributed by atoms with Crippen LogP contribution in [0.2, 0.25) is 0 Å². The molecule has 0 radical (unpaired) electrons. The fourth-order valence-corrected chi connectivity index (χ4v) is 2.02. The first-order valence-electron chi connectivity index (χ1n) is 5.99. The molecule has 1 aliphatic heterocycles. The highest BCUT2D eigenvalue weighted by Crippen LogP contribution is 2.33. The van der Waals surface area contributed by atoms with Crippen molar-refractivity contribution in [2.45, 2.75) is 13.0 Å². The molecule has 1 aromatic carbocycles. The molecule has 0 saturated carbocycles. The number of benzene rings is 1. The molecule has 1 unspecified atom stereocenters. The molecule has 0 aromatic heterocycles. The van der Waals surface area contributed by atoms with Gasteiger partial charge >= 0.3 is 0 Å². The van der Waals surface area contributed by atoms with Crippen molar-refractivity contribution < 1.29 is 14.6 Å². The van der Waals surface area contributed by atoms with Crippen LogP contribution in [0.1, 0.15) is 24.2 Å². The molecule has 96 valence electrons. The number of rotatable bonds is 4. The van der Waals surface area contributed by atoms with Gasteiger partial charge in [-0.3, -0.25) is 0 Å². The van der Waals surface area contributed by atoms with E-state index in [1.165, 1.54) is 5.57 Å². The van der Waals surface area contributed by atoms with Gasteiger partial charge in [0.2, 0.25) is 0 Å². The predicted molar refractivity (Wildman–Crippen MR) is 71.6 cm³/mol. The van der Waals surface area contributed by atoms with Crippen LogP contribution in [0.15, 0.2) is 35.9 Å². The van der Waals surface area contributed by atoms with Crippen molar-refractivity contribution in [2.75, 3.05) is 20.3 Å². The smallest absolute Gasteiger partial charge is 0.125 e. The van der Waals surface area contributed by atoms with E-state index in [-0.39, 0.29) is 12.7 Å². The van der Waals surface area contributed by atoms with Gasteiger partial charge in [-0.25, -0.2) is 0 Å². The standard InChI is InChI=1S/C15H18O3/c1-11-8-15(18-10-11)13-9-12(4-3-7-16)5-6-14(13)17-2/h3-6,8-9,15-16H,7,10H2,1-2H3.